The molecule has 0 saturated carbocycles. The van der Waals surface area contributed by atoms with E-state index in [4.69, 9.17) is 34.7 Å². The lowest BCUT2D eigenvalue weighted by Gasteiger charge is -2.00. The fourth-order valence-corrected chi connectivity index (χ4v) is 0.691. The van der Waals surface area contributed by atoms with E-state index in [-0.39, 0.29) is 10.9 Å². The molecule has 0 aliphatic rings. The summed E-state index contributed by atoms with van der Waals surface area (Å²) in [6.45, 7) is 1.46. The third-order valence-corrected chi connectivity index (χ3v) is 1.22. The van der Waals surface area contributed by atoms with Crippen molar-refractivity contribution in [3.05, 3.63) is 22.8 Å². The average Bonchev–Trinajstić information content (AvgIpc) is 1.84. The van der Waals surface area contributed by atoms with Crippen LogP contribution in [0.25, 0.3) is 0 Å². The Labute approximate surface area is 74.6 Å². The molecule has 0 saturated heterocycles. The van der Waals surface area contributed by atoms with Crippen LogP contribution in [-0.4, -0.2) is 5.38 Å². The molecule has 1 unspecified atom stereocenters. The zero-order chi connectivity index (χ0) is 9.02. The smallest absolute Gasteiger partial charge is 0.140 e. The predicted octanol–water partition coefficient (Wildman–Crippen LogP) is 1.79. The lowest BCUT2D eigenvalue weighted by atomic mass is 10.3. The van der Waals surface area contributed by atoms with E-state index in [2.05, 4.69) is 0 Å². The van der Waals surface area contributed by atoms with Crippen molar-refractivity contribution in [3.63, 3.8) is 0 Å². The summed E-state index contributed by atoms with van der Waals surface area (Å²) < 4.78 is 12.7. The summed E-state index contributed by atoms with van der Waals surface area (Å²) in [5, 5.41) is -0.836. The number of halogens is 3. The minimum absolute atomic E-state index is 0.0741. The normalized spacial score (nSPS) is 17.6. The first kappa shape index (κ1) is 10.6. The fraction of sp³-hybridized carbons (Fsp3) is 0.333. The van der Waals surface area contributed by atoms with Crippen LogP contribution in [0.2, 0.25) is 0 Å². The van der Waals surface area contributed by atoms with E-state index in [0.29, 0.717) is 0 Å². The number of hydrogen-bond donors (Lipinski definition) is 2. The van der Waals surface area contributed by atoms with Gasteiger partial charge in [-0.15, -0.1) is 11.6 Å². The quantitative estimate of drug-likeness (QED) is 0.404. The molecule has 0 bridgehead atoms. The minimum atomic E-state index is -0.762. The van der Waals surface area contributed by atoms with Crippen molar-refractivity contribution in [1.29, 1.82) is 0 Å². The van der Waals surface area contributed by atoms with E-state index in [1.54, 1.807) is 0 Å². The van der Waals surface area contributed by atoms with Gasteiger partial charge in [0.25, 0.3) is 0 Å². The monoisotopic (exact) mass is 198 g/mol. The molecule has 0 aromatic rings. The summed E-state index contributed by atoms with van der Waals surface area (Å²) in [7, 11) is 0. The molecule has 4 N–H and O–H groups in total. The molecule has 0 aromatic carbocycles. The molecule has 0 aliphatic heterocycles. The largest absolute Gasteiger partial charge is 0.397 e. The van der Waals surface area contributed by atoms with Gasteiger partial charge in [-0.05, 0) is 13.0 Å². The molecule has 0 radical (unpaired) electrons. The minimum Gasteiger partial charge on any atom is -0.397 e. The van der Waals surface area contributed by atoms with Gasteiger partial charge in [0.15, 0.2) is 0 Å². The predicted molar refractivity (Wildman–Crippen MR) is 45.8 cm³/mol. The summed E-state index contributed by atoms with van der Waals surface area (Å²) in [5.41, 5.74) is 10.1. The second-order valence-electron chi connectivity index (χ2n) is 1.95. The lowest BCUT2D eigenvalue weighted by Crippen LogP contribution is -2.05. The molecule has 0 rings (SSSR count). The van der Waals surface area contributed by atoms with E-state index in [9.17, 15) is 4.39 Å². The first-order valence-corrected chi connectivity index (χ1v) is 3.68. The maximum Gasteiger partial charge on any atom is 0.140 e. The highest BCUT2D eigenvalue weighted by atomic mass is 35.5. The van der Waals surface area contributed by atoms with Crippen molar-refractivity contribution in [2.24, 2.45) is 11.5 Å². The van der Waals surface area contributed by atoms with Gasteiger partial charge in [0.05, 0.1) is 11.1 Å². The van der Waals surface area contributed by atoms with Crippen molar-refractivity contribution in [2.45, 2.75) is 12.3 Å². The van der Waals surface area contributed by atoms with Crippen molar-refractivity contribution in [3.8, 4) is 0 Å². The average molecular weight is 199 g/mol. The van der Waals surface area contributed by atoms with Crippen LogP contribution in [0.15, 0.2) is 22.8 Å². The first-order chi connectivity index (χ1) is 4.95. The van der Waals surface area contributed by atoms with Gasteiger partial charge in [0, 0.05) is 0 Å². The van der Waals surface area contributed by atoms with Gasteiger partial charge in [-0.1, -0.05) is 11.6 Å². The third-order valence-electron chi connectivity index (χ3n) is 0.918. The molecule has 64 valence electrons. The van der Waals surface area contributed by atoms with Crippen LogP contribution in [0.5, 0.6) is 0 Å². The first-order valence-electron chi connectivity index (χ1n) is 2.87. The summed E-state index contributed by atoms with van der Waals surface area (Å²) in [6, 6.07) is 0. The van der Waals surface area contributed by atoms with E-state index in [1.165, 1.54) is 6.92 Å². The Bertz CT molecular complexity index is 195. The highest BCUT2D eigenvalue weighted by Crippen LogP contribution is 2.14. The van der Waals surface area contributed by atoms with Gasteiger partial charge in [0.1, 0.15) is 11.0 Å². The highest BCUT2D eigenvalue weighted by Gasteiger charge is 2.07. The molecule has 1 atom stereocenters. The SMILES string of the molecule is CC(Cl)/C(F)=C(N)\C=C(/N)Cl. The molecule has 5 heteroatoms. The lowest BCUT2D eigenvalue weighted by molar-refractivity contribution is 0.597. The van der Waals surface area contributed by atoms with E-state index >= 15 is 0 Å². The Hall–Kier alpha value is -0.410. The van der Waals surface area contributed by atoms with Crippen molar-refractivity contribution < 1.29 is 4.39 Å². The van der Waals surface area contributed by atoms with Crippen molar-refractivity contribution in [1.82, 2.24) is 0 Å². The van der Waals surface area contributed by atoms with E-state index < -0.39 is 11.2 Å². The number of alkyl halides is 1. The molecule has 2 nitrogen and oxygen atoms in total. The molecule has 0 aromatic heterocycles. The number of rotatable bonds is 2. The second kappa shape index (κ2) is 4.46. The fourth-order valence-electron chi connectivity index (χ4n) is 0.447. The zero-order valence-electron chi connectivity index (χ0n) is 5.94. The molecule has 0 heterocycles. The number of hydrogen-bond acceptors (Lipinski definition) is 2. The van der Waals surface area contributed by atoms with Crippen LogP contribution in [0.4, 0.5) is 4.39 Å². The van der Waals surface area contributed by atoms with Gasteiger partial charge >= 0.3 is 0 Å². The van der Waals surface area contributed by atoms with Gasteiger partial charge in [-0.25, -0.2) is 4.39 Å². The van der Waals surface area contributed by atoms with Gasteiger partial charge in [-0.2, -0.15) is 0 Å². The topological polar surface area (TPSA) is 52.0 Å². The van der Waals surface area contributed by atoms with Gasteiger partial charge in [0.2, 0.25) is 0 Å². The summed E-state index contributed by atoms with van der Waals surface area (Å²) in [4.78, 5) is 0. The Kier molecular flexibility index (Phi) is 4.30. The van der Waals surface area contributed by atoms with Crippen LogP contribution in [-0.2, 0) is 0 Å². The Balaban J connectivity index is 4.54. The van der Waals surface area contributed by atoms with Crippen molar-refractivity contribution >= 4 is 23.2 Å². The Morgan fingerprint density at radius 3 is 2.27 bits per heavy atom. The maximum absolute atomic E-state index is 12.7. The zero-order valence-corrected chi connectivity index (χ0v) is 7.46. The van der Waals surface area contributed by atoms with Crippen molar-refractivity contribution in [2.75, 3.05) is 0 Å². The molecule has 0 amide bonds. The van der Waals surface area contributed by atoms with E-state index in [1.807, 2.05) is 0 Å². The van der Waals surface area contributed by atoms with Crippen LogP contribution < -0.4 is 11.5 Å². The van der Waals surface area contributed by atoms with Gasteiger partial charge < -0.3 is 11.5 Å². The standard InChI is InChI=1S/C6H9Cl2FN2/c1-3(7)6(9)4(10)2-5(8)11/h2-3H,10-11H2,1H3/b5-2-,6-4-. The number of nitrogens with two attached hydrogens (primary N) is 2. The molecule has 11 heavy (non-hydrogen) atoms. The van der Waals surface area contributed by atoms with Crippen LogP contribution >= 0.6 is 23.2 Å². The number of allylic oxidation sites excluding steroid dienone is 2. The molecule has 0 aliphatic carbocycles. The molecule has 0 spiro atoms. The van der Waals surface area contributed by atoms with Crippen LogP contribution in [0.1, 0.15) is 6.92 Å². The molecular weight excluding hydrogens is 190 g/mol. The second-order valence-corrected chi connectivity index (χ2v) is 3.04. The van der Waals surface area contributed by atoms with Gasteiger partial charge in [-0.3, -0.25) is 0 Å². The maximum atomic E-state index is 12.7. The summed E-state index contributed by atoms with van der Waals surface area (Å²) in [5.74, 6) is -0.629. The third kappa shape index (κ3) is 4.11. The molecule has 0 fully saturated rings. The Morgan fingerprint density at radius 1 is 1.55 bits per heavy atom. The highest BCUT2D eigenvalue weighted by molar-refractivity contribution is 6.29. The molecular formula is C6H9Cl2FN2. The Morgan fingerprint density at radius 2 is 2.00 bits per heavy atom. The summed E-state index contributed by atoms with van der Waals surface area (Å²) >= 11 is 10.6. The van der Waals surface area contributed by atoms with Crippen LogP contribution in [0, 0.1) is 0 Å². The summed E-state index contributed by atoms with van der Waals surface area (Å²) in [6.07, 6.45) is 1.11. The van der Waals surface area contributed by atoms with E-state index in [0.717, 1.165) is 6.08 Å². The van der Waals surface area contributed by atoms with Crippen LogP contribution in [0.3, 0.4) is 0 Å².